The minimum absolute atomic E-state index is 0.425. The van der Waals surface area contributed by atoms with Crippen LogP contribution in [0, 0.1) is 0 Å². The highest BCUT2D eigenvalue weighted by molar-refractivity contribution is 7.98. The van der Waals surface area contributed by atoms with Gasteiger partial charge in [-0.25, -0.2) is 5.06 Å². The summed E-state index contributed by atoms with van der Waals surface area (Å²) in [6, 6.07) is 6.37. The van der Waals surface area contributed by atoms with Crippen LogP contribution in [0.15, 0.2) is 29.2 Å². The van der Waals surface area contributed by atoms with Gasteiger partial charge in [0, 0.05) is 18.0 Å². The maximum absolute atomic E-state index is 11.4. The van der Waals surface area contributed by atoms with Crippen LogP contribution in [0.5, 0.6) is 0 Å². The topological polar surface area (TPSA) is 40.5 Å². The van der Waals surface area contributed by atoms with E-state index in [2.05, 4.69) is 19.1 Å². The Hall–Kier alpha value is -1.26. The van der Waals surface area contributed by atoms with Crippen LogP contribution >= 0.6 is 11.8 Å². The van der Waals surface area contributed by atoms with Gasteiger partial charge in [0.2, 0.25) is 0 Å². The second-order valence-corrected chi connectivity index (χ2v) is 5.93. The number of carbonyl (C=O) groups is 1. The van der Waals surface area contributed by atoms with Crippen molar-refractivity contribution in [3.8, 4) is 0 Å². The Kier molecular flexibility index (Phi) is 8.16. The van der Waals surface area contributed by atoms with Crippen LogP contribution in [0.1, 0.15) is 43.7 Å². The normalized spacial score (nSPS) is 11.0. The molecule has 4 heteroatoms. The standard InChI is InChI=1S/C17H25NO2S/c1-4-5-6-7-8-14-9-10-15(16(13-14)21-3)11-12-17(19)18(2)20/h9-13,20H,4-8H2,1-3H3/b12-11+. The molecule has 0 fully saturated rings. The second kappa shape index (κ2) is 9.64. The molecule has 0 aliphatic carbocycles. The third kappa shape index (κ3) is 6.36. The number of hydrogen-bond acceptors (Lipinski definition) is 3. The molecule has 1 amide bonds. The number of hydroxylamine groups is 2. The van der Waals surface area contributed by atoms with E-state index in [4.69, 9.17) is 5.21 Å². The Labute approximate surface area is 132 Å². The van der Waals surface area contributed by atoms with Crippen molar-refractivity contribution >= 4 is 23.7 Å². The molecule has 0 atom stereocenters. The van der Waals surface area contributed by atoms with Crippen molar-refractivity contribution in [1.29, 1.82) is 0 Å². The zero-order valence-corrected chi connectivity index (χ0v) is 13.9. The first-order valence-electron chi connectivity index (χ1n) is 7.40. The van der Waals surface area contributed by atoms with Crippen LogP contribution in [0.25, 0.3) is 6.08 Å². The Morgan fingerprint density at radius 1 is 1.33 bits per heavy atom. The number of aryl methyl sites for hydroxylation is 1. The molecule has 0 aromatic heterocycles. The number of nitrogens with zero attached hydrogens (tertiary/aromatic N) is 1. The van der Waals surface area contributed by atoms with E-state index in [1.807, 2.05) is 12.3 Å². The maximum Gasteiger partial charge on any atom is 0.269 e. The van der Waals surface area contributed by atoms with E-state index in [0.717, 1.165) is 16.9 Å². The SMILES string of the molecule is CCCCCCc1ccc(/C=C/C(=O)N(C)O)c(SC)c1. The van der Waals surface area contributed by atoms with E-state index in [9.17, 15) is 4.79 Å². The molecule has 0 heterocycles. The summed E-state index contributed by atoms with van der Waals surface area (Å²) in [5.41, 5.74) is 2.35. The van der Waals surface area contributed by atoms with Gasteiger partial charge in [0.05, 0.1) is 0 Å². The third-order valence-electron chi connectivity index (χ3n) is 3.34. The molecule has 0 unspecified atom stereocenters. The lowest BCUT2D eigenvalue weighted by atomic mass is 10.0. The van der Waals surface area contributed by atoms with Crippen molar-refractivity contribution in [1.82, 2.24) is 5.06 Å². The van der Waals surface area contributed by atoms with Gasteiger partial charge in [-0.1, -0.05) is 38.3 Å². The van der Waals surface area contributed by atoms with E-state index in [1.165, 1.54) is 44.4 Å². The van der Waals surface area contributed by atoms with Gasteiger partial charge in [0.1, 0.15) is 0 Å². The molecule has 1 N–H and O–H groups in total. The fourth-order valence-electron chi connectivity index (χ4n) is 2.07. The van der Waals surface area contributed by atoms with Gasteiger partial charge in [-0.05, 0) is 42.4 Å². The summed E-state index contributed by atoms with van der Waals surface area (Å²) in [6.07, 6.45) is 11.3. The van der Waals surface area contributed by atoms with E-state index in [0.29, 0.717) is 5.06 Å². The number of likely N-dealkylation sites (N-methyl/N-ethyl adjacent to an activating group) is 1. The molecule has 1 aromatic carbocycles. The molecule has 0 saturated heterocycles. The quantitative estimate of drug-likeness (QED) is 0.254. The first-order valence-corrected chi connectivity index (χ1v) is 8.62. The van der Waals surface area contributed by atoms with E-state index in [1.54, 1.807) is 17.8 Å². The Bertz CT molecular complexity index is 484. The monoisotopic (exact) mass is 307 g/mol. The summed E-state index contributed by atoms with van der Waals surface area (Å²) in [7, 11) is 1.32. The number of rotatable bonds is 8. The second-order valence-electron chi connectivity index (χ2n) is 5.08. The predicted molar refractivity (Wildman–Crippen MR) is 89.7 cm³/mol. The molecular formula is C17H25NO2S. The summed E-state index contributed by atoms with van der Waals surface area (Å²) in [4.78, 5) is 12.5. The minimum atomic E-state index is -0.425. The van der Waals surface area contributed by atoms with Crippen LogP contribution in [-0.4, -0.2) is 29.5 Å². The van der Waals surface area contributed by atoms with Gasteiger partial charge in [-0.3, -0.25) is 10.0 Å². The van der Waals surface area contributed by atoms with Gasteiger partial charge in [0.15, 0.2) is 0 Å². The van der Waals surface area contributed by atoms with Crippen LogP contribution in [-0.2, 0) is 11.2 Å². The summed E-state index contributed by atoms with van der Waals surface area (Å²) in [6.45, 7) is 2.22. The van der Waals surface area contributed by atoms with Crippen molar-refractivity contribution in [3.05, 3.63) is 35.4 Å². The molecule has 1 aromatic rings. The molecule has 21 heavy (non-hydrogen) atoms. The zero-order valence-electron chi connectivity index (χ0n) is 13.1. The average Bonchev–Trinajstić information content (AvgIpc) is 2.49. The molecule has 0 spiro atoms. The third-order valence-corrected chi connectivity index (χ3v) is 4.13. The molecule has 0 bridgehead atoms. The van der Waals surface area contributed by atoms with E-state index in [-0.39, 0.29) is 0 Å². The summed E-state index contributed by atoms with van der Waals surface area (Å²) in [5, 5.41) is 9.62. The van der Waals surface area contributed by atoms with E-state index >= 15 is 0 Å². The van der Waals surface area contributed by atoms with Crippen molar-refractivity contribution in [2.45, 2.75) is 43.9 Å². The lowest BCUT2D eigenvalue weighted by molar-refractivity contribution is -0.153. The lowest BCUT2D eigenvalue weighted by Crippen LogP contribution is -2.19. The first kappa shape index (κ1) is 17.8. The van der Waals surface area contributed by atoms with Crippen molar-refractivity contribution in [2.75, 3.05) is 13.3 Å². The van der Waals surface area contributed by atoms with Crippen LogP contribution in [0.4, 0.5) is 0 Å². The summed E-state index contributed by atoms with van der Waals surface area (Å²) >= 11 is 1.67. The molecule has 0 aliphatic heterocycles. The van der Waals surface area contributed by atoms with Crippen LogP contribution in [0.3, 0.4) is 0 Å². The predicted octanol–water partition coefficient (Wildman–Crippen LogP) is 4.39. The molecule has 3 nitrogen and oxygen atoms in total. The highest BCUT2D eigenvalue weighted by atomic mass is 32.2. The number of amides is 1. The van der Waals surface area contributed by atoms with Crippen LogP contribution < -0.4 is 0 Å². The smallest absolute Gasteiger partial charge is 0.269 e. The Morgan fingerprint density at radius 3 is 2.71 bits per heavy atom. The van der Waals surface area contributed by atoms with E-state index < -0.39 is 5.91 Å². The Morgan fingerprint density at radius 2 is 2.10 bits per heavy atom. The zero-order chi connectivity index (χ0) is 15.7. The summed E-state index contributed by atoms with van der Waals surface area (Å²) < 4.78 is 0. The van der Waals surface area contributed by atoms with Gasteiger partial charge >= 0.3 is 0 Å². The summed E-state index contributed by atoms with van der Waals surface area (Å²) in [5.74, 6) is -0.425. The number of carbonyl (C=O) groups excluding carboxylic acids is 1. The molecule has 116 valence electrons. The fraction of sp³-hybridized carbons (Fsp3) is 0.471. The van der Waals surface area contributed by atoms with Crippen LogP contribution in [0.2, 0.25) is 0 Å². The number of benzene rings is 1. The average molecular weight is 307 g/mol. The maximum atomic E-state index is 11.4. The van der Waals surface area contributed by atoms with Gasteiger partial charge in [-0.15, -0.1) is 11.8 Å². The van der Waals surface area contributed by atoms with Gasteiger partial charge < -0.3 is 0 Å². The largest absolute Gasteiger partial charge is 0.286 e. The van der Waals surface area contributed by atoms with Crippen molar-refractivity contribution in [2.24, 2.45) is 0 Å². The minimum Gasteiger partial charge on any atom is -0.286 e. The molecule has 1 rings (SSSR count). The molecule has 0 saturated carbocycles. The highest BCUT2D eigenvalue weighted by Gasteiger charge is 2.03. The lowest BCUT2D eigenvalue weighted by Gasteiger charge is -2.08. The van der Waals surface area contributed by atoms with Gasteiger partial charge in [0.25, 0.3) is 5.91 Å². The Balaban J connectivity index is 2.72. The first-order chi connectivity index (χ1) is 10.1. The van der Waals surface area contributed by atoms with Gasteiger partial charge in [-0.2, -0.15) is 0 Å². The highest BCUT2D eigenvalue weighted by Crippen LogP contribution is 2.24. The number of thioether (sulfide) groups is 1. The van der Waals surface area contributed by atoms with Crippen molar-refractivity contribution in [3.63, 3.8) is 0 Å². The molecular weight excluding hydrogens is 282 g/mol. The molecule has 0 radical (unpaired) electrons. The van der Waals surface area contributed by atoms with Crippen molar-refractivity contribution < 1.29 is 10.0 Å². The number of unbranched alkanes of at least 4 members (excludes halogenated alkanes) is 3. The fourth-order valence-corrected chi connectivity index (χ4v) is 2.71. The molecule has 0 aliphatic rings. The number of hydrogen-bond donors (Lipinski definition) is 1.